The lowest BCUT2D eigenvalue weighted by Crippen LogP contribution is -2.22. The summed E-state index contributed by atoms with van der Waals surface area (Å²) in [6, 6.07) is 5.29. The summed E-state index contributed by atoms with van der Waals surface area (Å²) in [5, 5.41) is 12.3. The number of hydrogen-bond acceptors (Lipinski definition) is 6. The number of thioether (sulfide) groups is 1. The molecule has 0 saturated carbocycles. The van der Waals surface area contributed by atoms with E-state index in [0.29, 0.717) is 17.3 Å². The van der Waals surface area contributed by atoms with Crippen LogP contribution in [0.15, 0.2) is 27.5 Å². The third kappa shape index (κ3) is 5.45. The van der Waals surface area contributed by atoms with E-state index >= 15 is 0 Å². The third-order valence-corrected chi connectivity index (χ3v) is 4.61. The van der Waals surface area contributed by atoms with Gasteiger partial charge in [-0.1, -0.05) is 34.7 Å². The van der Waals surface area contributed by atoms with Crippen molar-refractivity contribution in [2.24, 2.45) is 10.7 Å². The SMILES string of the molecule is COc1ccc(NC(N)=NCc2nnc(SC)s2)cc1Cl.I. The topological polar surface area (TPSA) is 85.4 Å². The minimum absolute atomic E-state index is 0. The normalized spacial score (nSPS) is 11.0. The van der Waals surface area contributed by atoms with Gasteiger partial charge in [-0.2, -0.15) is 0 Å². The molecule has 22 heavy (non-hydrogen) atoms. The number of anilines is 1. The molecule has 2 rings (SSSR count). The number of guanidine groups is 1. The van der Waals surface area contributed by atoms with Crippen LogP contribution < -0.4 is 15.8 Å². The van der Waals surface area contributed by atoms with E-state index in [-0.39, 0.29) is 29.9 Å². The molecular weight excluding hydrogens is 457 g/mol. The van der Waals surface area contributed by atoms with Crippen molar-refractivity contribution in [2.75, 3.05) is 18.7 Å². The van der Waals surface area contributed by atoms with E-state index in [1.165, 1.54) is 11.3 Å². The highest BCUT2D eigenvalue weighted by molar-refractivity contribution is 14.0. The average Bonchev–Trinajstić information content (AvgIpc) is 2.93. The highest BCUT2D eigenvalue weighted by atomic mass is 127. The van der Waals surface area contributed by atoms with Crippen LogP contribution in [-0.4, -0.2) is 29.5 Å². The van der Waals surface area contributed by atoms with Crippen LogP contribution in [0.2, 0.25) is 5.02 Å². The number of hydrogen-bond donors (Lipinski definition) is 2. The van der Waals surface area contributed by atoms with Gasteiger partial charge < -0.3 is 15.8 Å². The molecular formula is C12H15ClIN5OS2. The molecule has 0 fully saturated rings. The number of aliphatic imine (C=N–C) groups is 1. The van der Waals surface area contributed by atoms with Gasteiger partial charge in [0.15, 0.2) is 10.3 Å². The van der Waals surface area contributed by atoms with Crippen LogP contribution in [0.3, 0.4) is 0 Å². The number of benzene rings is 1. The molecule has 120 valence electrons. The largest absolute Gasteiger partial charge is 0.495 e. The number of methoxy groups -OCH3 is 1. The molecule has 1 heterocycles. The molecule has 6 nitrogen and oxygen atoms in total. The van der Waals surface area contributed by atoms with Crippen molar-refractivity contribution < 1.29 is 4.74 Å². The summed E-state index contributed by atoms with van der Waals surface area (Å²) >= 11 is 9.10. The van der Waals surface area contributed by atoms with E-state index in [9.17, 15) is 0 Å². The molecule has 0 radical (unpaired) electrons. The standard InChI is InChI=1S/C12H14ClN5OS2.HI/c1-19-9-4-3-7(5-8(9)13)16-11(14)15-6-10-17-18-12(20-2)21-10;/h3-5H,6H2,1-2H3,(H3,14,15,16);1H. The van der Waals surface area contributed by atoms with Crippen molar-refractivity contribution in [3.63, 3.8) is 0 Å². The zero-order valence-corrected chi connectivity index (χ0v) is 16.6. The van der Waals surface area contributed by atoms with E-state index < -0.39 is 0 Å². The van der Waals surface area contributed by atoms with E-state index in [4.69, 9.17) is 22.1 Å². The third-order valence-electron chi connectivity index (χ3n) is 2.43. The monoisotopic (exact) mass is 471 g/mol. The zero-order valence-electron chi connectivity index (χ0n) is 11.9. The van der Waals surface area contributed by atoms with Gasteiger partial charge in [-0.3, -0.25) is 0 Å². The lowest BCUT2D eigenvalue weighted by atomic mass is 10.3. The summed E-state index contributed by atoms with van der Waals surface area (Å²) in [4.78, 5) is 4.22. The predicted molar refractivity (Wildman–Crippen MR) is 104 cm³/mol. The van der Waals surface area contributed by atoms with E-state index in [2.05, 4.69) is 20.5 Å². The maximum atomic E-state index is 6.04. The Morgan fingerprint density at radius 3 is 2.86 bits per heavy atom. The summed E-state index contributed by atoms with van der Waals surface area (Å²) in [6.45, 7) is 0.390. The van der Waals surface area contributed by atoms with Gasteiger partial charge in [0.1, 0.15) is 10.8 Å². The Morgan fingerprint density at radius 2 is 2.27 bits per heavy atom. The summed E-state index contributed by atoms with van der Waals surface area (Å²) in [5.41, 5.74) is 6.57. The molecule has 0 spiro atoms. The lowest BCUT2D eigenvalue weighted by molar-refractivity contribution is 0.415. The molecule has 0 saturated heterocycles. The van der Waals surface area contributed by atoms with Gasteiger partial charge in [0.05, 0.1) is 18.7 Å². The number of aromatic nitrogens is 2. The van der Waals surface area contributed by atoms with E-state index in [1.54, 1.807) is 31.0 Å². The summed E-state index contributed by atoms with van der Waals surface area (Å²) in [6.07, 6.45) is 1.96. The molecule has 0 bridgehead atoms. The molecule has 3 N–H and O–H groups in total. The second-order valence-electron chi connectivity index (χ2n) is 3.84. The second-order valence-corrected chi connectivity index (χ2v) is 6.36. The van der Waals surface area contributed by atoms with Crippen molar-refractivity contribution in [3.8, 4) is 5.75 Å². The summed E-state index contributed by atoms with van der Waals surface area (Å²) in [5.74, 6) is 0.897. The Kier molecular flexibility index (Phi) is 8.21. The smallest absolute Gasteiger partial charge is 0.193 e. The number of rotatable bonds is 5. The van der Waals surface area contributed by atoms with Crippen LogP contribution in [0.25, 0.3) is 0 Å². The first kappa shape index (κ1) is 19.3. The first-order valence-corrected chi connectivity index (χ1v) is 8.31. The Bertz CT molecular complexity index is 652. The highest BCUT2D eigenvalue weighted by Crippen LogP contribution is 2.27. The van der Waals surface area contributed by atoms with Crippen LogP contribution in [0.1, 0.15) is 5.01 Å². The minimum Gasteiger partial charge on any atom is -0.495 e. The molecule has 0 atom stereocenters. The molecule has 2 aromatic rings. The predicted octanol–water partition coefficient (Wildman–Crippen LogP) is 3.47. The molecule has 10 heteroatoms. The number of ether oxygens (including phenoxy) is 1. The molecule has 0 unspecified atom stereocenters. The number of nitrogens with one attached hydrogen (secondary N) is 1. The Balaban J connectivity index is 0.00000242. The van der Waals surface area contributed by atoms with Gasteiger partial charge >= 0.3 is 0 Å². The molecule has 0 aliphatic heterocycles. The average molecular weight is 472 g/mol. The first-order chi connectivity index (χ1) is 10.1. The number of halogens is 2. The Morgan fingerprint density at radius 1 is 1.50 bits per heavy atom. The summed E-state index contributed by atoms with van der Waals surface area (Å²) in [7, 11) is 1.56. The fraction of sp³-hybridized carbons (Fsp3) is 0.250. The first-order valence-electron chi connectivity index (χ1n) is 5.89. The number of nitrogens with two attached hydrogens (primary N) is 1. The molecule has 0 amide bonds. The van der Waals surface area contributed by atoms with Gasteiger partial charge in [0, 0.05) is 5.69 Å². The van der Waals surface area contributed by atoms with Crippen LogP contribution in [0.4, 0.5) is 5.69 Å². The van der Waals surface area contributed by atoms with Gasteiger partial charge in [0.2, 0.25) is 0 Å². The molecule has 0 aliphatic rings. The number of nitrogens with zero attached hydrogens (tertiary/aromatic N) is 3. The van der Waals surface area contributed by atoms with Gasteiger partial charge in [-0.25, -0.2) is 4.99 Å². The van der Waals surface area contributed by atoms with Crippen LogP contribution >= 0.6 is 58.7 Å². The van der Waals surface area contributed by atoms with Gasteiger partial charge in [-0.05, 0) is 24.5 Å². The van der Waals surface area contributed by atoms with E-state index in [0.717, 1.165) is 15.0 Å². The minimum atomic E-state index is 0. The quantitative estimate of drug-likeness (QED) is 0.301. The summed E-state index contributed by atoms with van der Waals surface area (Å²) < 4.78 is 6.00. The second kappa shape index (κ2) is 9.38. The maximum Gasteiger partial charge on any atom is 0.193 e. The van der Waals surface area contributed by atoms with Crippen molar-refractivity contribution in [1.29, 1.82) is 0 Å². The van der Waals surface area contributed by atoms with Crippen molar-refractivity contribution >= 4 is 70.3 Å². The van der Waals surface area contributed by atoms with Gasteiger partial charge in [-0.15, -0.1) is 34.2 Å². The molecule has 1 aromatic heterocycles. The van der Waals surface area contributed by atoms with Crippen LogP contribution in [0.5, 0.6) is 5.75 Å². The lowest BCUT2D eigenvalue weighted by Gasteiger charge is -2.08. The van der Waals surface area contributed by atoms with Crippen molar-refractivity contribution in [3.05, 3.63) is 28.2 Å². The Hall–Kier alpha value is -0.780. The zero-order chi connectivity index (χ0) is 15.2. The Labute approximate surface area is 158 Å². The van der Waals surface area contributed by atoms with Crippen molar-refractivity contribution in [1.82, 2.24) is 10.2 Å². The fourth-order valence-electron chi connectivity index (χ4n) is 1.47. The van der Waals surface area contributed by atoms with Crippen LogP contribution in [0, 0.1) is 0 Å². The van der Waals surface area contributed by atoms with E-state index in [1.807, 2.05) is 12.3 Å². The highest BCUT2D eigenvalue weighted by Gasteiger charge is 2.04. The van der Waals surface area contributed by atoms with Crippen molar-refractivity contribution in [2.45, 2.75) is 10.9 Å². The van der Waals surface area contributed by atoms with Gasteiger partial charge in [0.25, 0.3) is 0 Å². The molecule has 1 aromatic carbocycles. The fourth-order valence-corrected chi connectivity index (χ4v) is 2.96. The molecule has 0 aliphatic carbocycles. The maximum absolute atomic E-state index is 6.04. The van der Waals surface area contributed by atoms with Crippen LogP contribution in [-0.2, 0) is 6.54 Å².